The molecule has 0 amide bonds. The van der Waals surface area contributed by atoms with Crippen molar-refractivity contribution < 1.29 is 27.8 Å². The van der Waals surface area contributed by atoms with Gasteiger partial charge in [-0.1, -0.05) is 11.6 Å². The highest BCUT2D eigenvalue weighted by Gasteiger charge is 2.18. The Kier molecular flexibility index (Phi) is 5.24. The summed E-state index contributed by atoms with van der Waals surface area (Å²) in [5.41, 5.74) is 0. The van der Waals surface area contributed by atoms with Gasteiger partial charge in [-0.15, -0.1) is 0 Å². The van der Waals surface area contributed by atoms with E-state index in [1.165, 1.54) is 0 Å². The molecule has 106 valence electrons. The van der Waals surface area contributed by atoms with Crippen LogP contribution >= 0.6 is 11.6 Å². The van der Waals surface area contributed by atoms with Gasteiger partial charge in [-0.2, -0.15) is 0 Å². The van der Waals surface area contributed by atoms with Crippen molar-refractivity contribution in [1.82, 2.24) is 4.72 Å². The lowest BCUT2D eigenvalue weighted by Crippen LogP contribution is -2.30. The number of rotatable bonds is 6. The van der Waals surface area contributed by atoms with Gasteiger partial charge < -0.3 is 10.2 Å². The number of aliphatic hydroxyl groups excluding tert-OH is 1. The largest absolute Gasteiger partial charge is 0.479 e. The van der Waals surface area contributed by atoms with Crippen LogP contribution in [0.25, 0.3) is 0 Å². The van der Waals surface area contributed by atoms with Crippen LogP contribution in [0.1, 0.15) is 6.42 Å². The van der Waals surface area contributed by atoms with Gasteiger partial charge in [0.1, 0.15) is 5.82 Å². The van der Waals surface area contributed by atoms with E-state index in [1.807, 2.05) is 0 Å². The fraction of sp³-hybridized carbons (Fsp3) is 0.300. The number of benzene rings is 1. The number of carbonyl (C=O) groups is 1. The monoisotopic (exact) mass is 311 g/mol. The summed E-state index contributed by atoms with van der Waals surface area (Å²) < 4.78 is 38.4. The second kappa shape index (κ2) is 6.29. The summed E-state index contributed by atoms with van der Waals surface area (Å²) in [6.07, 6.45) is -1.94. The van der Waals surface area contributed by atoms with E-state index < -0.39 is 27.9 Å². The first-order valence-corrected chi connectivity index (χ1v) is 6.96. The average molecular weight is 312 g/mol. The molecule has 1 unspecified atom stereocenters. The van der Waals surface area contributed by atoms with Crippen molar-refractivity contribution in [2.45, 2.75) is 17.4 Å². The molecule has 1 rings (SSSR count). The standard InChI is InChI=1S/C10H11ClFNO5S/c11-7-5-6(1-2-8(7)12)19(17,18)13-4-3-9(14)10(15)16/h1-2,5,9,13-14H,3-4H2,(H,15,16). The Balaban J connectivity index is 2.71. The highest BCUT2D eigenvalue weighted by Crippen LogP contribution is 2.19. The first-order chi connectivity index (χ1) is 8.74. The molecule has 0 radical (unpaired) electrons. The molecular weight excluding hydrogens is 301 g/mol. The number of aliphatic carboxylic acids is 1. The van der Waals surface area contributed by atoms with Crippen LogP contribution in [-0.2, 0) is 14.8 Å². The number of aliphatic hydroxyl groups is 1. The minimum atomic E-state index is -3.93. The highest BCUT2D eigenvalue weighted by molar-refractivity contribution is 7.89. The molecule has 0 aliphatic heterocycles. The van der Waals surface area contributed by atoms with Gasteiger partial charge in [0, 0.05) is 6.54 Å². The third kappa shape index (κ3) is 4.43. The highest BCUT2D eigenvalue weighted by atomic mass is 35.5. The van der Waals surface area contributed by atoms with Crippen molar-refractivity contribution in [2.24, 2.45) is 0 Å². The molecule has 0 bridgehead atoms. The number of carboxylic acid groups (broad SMARTS) is 1. The maximum Gasteiger partial charge on any atom is 0.332 e. The Morgan fingerprint density at radius 2 is 2.11 bits per heavy atom. The Hall–Kier alpha value is -1.22. The summed E-state index contributed by atoms with van der Waals surface area (Å²) in [6.45, 7) is -0.273. The molecule has 0 aromatic heterocycles. The molecule has 1 atom stereocenters. The Morgan fingerprint density at radius 3 is 2.63 bits per heavy atom. The van der Waals surface area contributed by atoms with Crippen molar-refractivity contribution in [3.05, 3.63) is 29.0 Å². The van der Waals surface area contributed by atoms with Crippen LogP contribution in [0, 0.1) is 5.82 Å². The fourth-order valence-electron chi connectivity index (χ4n) is 1.18. The molecule has 6 nitrogen and oxygen atoms in total. The number of hydrogen-bond donors (Lipinski definition) is 3. The van der Waals surface area contributed by atoms with Gasteiger partial charge >= 0.3 is 5.97 Å². The SMILES string of the molecule is O=C(O)C(O)CCNS(=O)(=O)c1ccc(F)c(Cl)c1. The van der Waals surface area contributed by atoms with E-state index in [0.29, 0.717) is 0 Å². The zero-order chi connectivity index (χ0) is 14.6. The van der Waals surface area contributed by atoms with Gasteiger partial charge in [-0.3, -0.25) is 0 Å². The molecule has 0 aliphatic rings. The van der Waals surface area contributed by atoms with Gasteiger partial charge in [0.15, 0.2) is 6.10 Å². The predicted octanol–water partition coefficient (Wildman–Crippen LogP) is 0.593. The van der Waals surface area contributed by atoms with Crippen LogP contribution in [-0.4, -0.2) is 37.2 Å². The lowest BCUT2D eigenvalue weighted by atomic mass is 10.3. The summed E-state index contributed by atoms with van der Waals surface area (Å²) in [6, 6.07) is 2.87. The van der Waals surface area contributed by atoms with Crippen LogP contribution in [0.4, 0.5) is 4.39 Å². The second-order valence-electron chi connectivity index (χ2n) is 3.62. The maximum absolute atomic E-state index is 12.9. The molecule has 9 heteroatoms. The van der Waals surface area contributed by atoms with Crippen LogP contribution in [0.3, 0.4) is 0 Å². The number of sulfonamides is 1. The minimum Gasteiger partial charge on any atom is -0.479 e. The molecule has 0 heterocycles. The number of hydrogen-bond acceptors (Lipinski definition) is 4. The topological polar surface area (TPSA) is 104 Å². The minimum absolute atomic E-state index is 0.247. The average Bonchev–Trinajstić information content (AvgIpc) is 2.32. The van der Waals surface area contributed by atoms with Crippen molar-refractivity contribution in [3.63, 3.8) is 0 Å². The third-order valence-corrected chi connectivity index (χ3v) is 3.94. The Morgan fingerprint density at radius 1 is 1.47 bits per heavy atom. The van der Waals surface area contributed by atoms with Crippen LogP contribution in [0.5, 0.6) is 0 Å². The third-order valence-electron chi connectivity index (χ3n) is 2.20. The molecule has 0 fully saturated rings. The summed E-state index contributed by atoms with van der Waals surface area (Å²) in [7, 11) is -3.93. The van der Waals surface area contributed by atoms with E-state index in [2.05, 4.69) is 4.72 Å². The molecule has 0 saturated heterocycles. The zero-order valence-electron chi connectivity index (χ0n) is 9.51. The molecule has 19 heavy (non-hydrogen) atoms. The molecule has 1 aromatic carbocycles. The van der Waals surface area contributed by atoms with E-state index in [0.717, 1.165) is 18.2 Å². The predicted molar refractivity (Wildman–Crippen MR) is 64.9 cm³/mol. The number of carboxylic acids is 1. The van der Waals surface area contributed by atoms with E-state index in [-0.39, 0.29) is 22.9 Å². The lowest BCUT2D eigenvalue weighted by molar-refractivity contribution is -0.146. The zero-order valence-corrected chi connectivity index (χ0v) is 11.1. The van der Waals surface area contributed by atoms with Gasteiger partial charge in [-0.25, -0.2) is 22.3 Å². The van der Waals surface area contributed by atoms with Crippen molar-refractivity contribution >= 4 is 27.6 Å². The molecule has 3 N–H and O–H groups in total. The summed E-state index contributed by atoms with van der Waals surface area (Å²) in [5, 5.41) is 17.0. The Bertz CT molecular complexity index is 577. The van der Waals surface area contributed by atoms with E-state index in [1.54, 1.807) is 0 Å². The number of halogens is 2. The maximum atomic E-state index is 12.9. The quantitative estimate of drug-likeness (QED) is 0.713. The Labute approximate surface area is 113 Å². The van der Waals surface area contributed by atoms with Crippen LogP contribution in [0.15, 0.2) is 23.1 Å². The van der Waals surface area contributed by atoms with Gasteiger partial charge in [-0.05, 0) is 24.6 Å². The molecule has 1 aromatic rings. The van der Waals surface area contributed by atoms with E-state index >= 15 is 0 Å². The molecular formula is C10H11ClFNO5S. The fourth-order valence-corrected chi connectivity index (χ4v) is 2.50. The second-order valence-corrected chi connectivity index (χ2v) is 5.79. The first kappa shape index (κ1) is 15.8. The van der Waals surface area contributed by atoms with Gasteiger partial charge in [0.2, 0.25) is 10.0 Å². The van der Waals surface area contributed by atoms with Crippen molar-refractivity contribution in [2.75, 3.05) is 6.54 Å². The summed E-state index contributed by atoms with van der Waals surface area (Å²) in [5.74, 6) is -2.19. The van der Waals surface area contributed by atoms with Gasteiger partial charge in [0.05, 0.1) is 9.92 Å². The van der Waals surface area contributed by atoms with Crippen molar-refractivity contribution in [3.8, 4) is 0 Å². The molecule has 0 saturated carbocycles. The summed E-state index contributed by atoms with van der Waals surface area (Å²) >= 11 is 5.46. The normalized spacial score (nSPS) is 13.2. The summed E-state index contributed by atoms with van der Waals surface area (Å²) in [4.78, 5) is 10.1. The smallest absolute Gasteiger partial charge is 0.332 e. The first-order valence-electron chi connectivity index (χ1n) is 5.09. The van der Waals surface area contributed by atoms with E-state index in [4.69, 9.17) is 21.8 Å². The van der Waals surface area contributed by atoms with Crippen LogP contribution in [0.2, 0.25) is 5.02 Å². The molecule has 0 aliphatic carbocycles. The number of nitrogens with one attached hydrogen (secondary N) is 1. The molecule has 0 spiro atoms. The van der Waals surface area contributed by atoms with Gasteiger partial charge in [0.25, 0.3) is 0 Å². The van der Waals surface area contributed by atoms with Crippen molar-refractivity contribution in [1.29, 1.82) is 0 Å². The lowest BCUT2D eigenvalue weighted by Gasteiger charge is -2.08. The van der Waals surface area contributed by atoms with Crippen LogP contribution < -0.4 is 4.72 Å². The van der Waals surface area contributed by atoms with E-state index in [9.17, 15) is 17.6 Å².